The lowest BCUT2D eigenvalue weighted by Crippen LogP contribution is -2.32. The molecule has 28 heavy (non-hydrogen) atoms. The van der Waals surface area contributed by atoms with Gasteiger partial charge in [0.05, 0.1) is 28.8 Å². The molecule has 1 aliphatic rings. The molecule has 0 spiro atoms. The first-order chi connectivity index (χ1) is 13.3. The van der Waals surface area contributed by atoms with Gasteiger partial charge in [-0.2, -0.15) is 5.10 Å². The van der Waals surface area contributed by atoms with Gasteiger partial charge < -0.3 is 16.0 Å². The van der Waals surface area contributed by atoms with Crippen molar-refractivity contribution in [3.63, 3.8) is 0 Å². The second-order valence-corrected chi connectivity index (χ2v) is 7.47. The zero-order valence-corrected chi connectivity index (χ0v) is 16.4. The highest BCUT2D eigenvalue weighted by molar-refractivity contribution is 6.06. The predicted molar refractivity (Wildman–Crippen MR) is 106 cm³/mol. The van der Waals surface area contributed by atoms with Gasteiger partial charge in [-0.05, 0) is 50.8 Å². The number of hydrogen-bond acceptors (Lipinski definition) is 4. The molecule has 3 rings (SSSR count). The predicted octanol–water partition coefficient (Wildman–Crippen LogP) is 2.79. The van der Waals surface area contributed by atoms with Crippen LogP contribution in [0.15, 0.2) is 24.4 Å². The van der Waals surface area contributed by atoms with E-state index in [1.54, 1.807) is 12.3 Å². The molecule has 0 saturated carbocycles. The highest BCUT2D eigenvalue weighted by Gasteiger charge is 2.25. The first-order valence-electron chi connectivity index (χ1n) is 9.50. The van der Waals surface area contributed by atoms with Gasteiger partial charge in [0.25, 0.3) is 5.91 Å². The van der Waals surface area contributed by atoms with E-state index in [-0.39, 0.29) is 23.8 Å². The molecule has 0 fully saturated rings. The third-order valence-corrected chi connectivity index (χ3v) is 4.74. The van der Waals surface area contributed by atoms with E-state index in [4.69, 9.17) is 0 Å². The zero-order valence-electron chi connectivity index (χ0n) is 16.4. The maximum Gasteiger partial charge on any atom is 0.259 e. The lowest BCUT2D eigenvalue weighted by Gasteiger charge is -2.24. The number of nitrogens with zero attached hydrogens (tertiary/aromatic N) is 2. The first kappa shape index (κ1) is 19.9. The number of carbonyl (C=O) groups excluding carboxylic acids is 2. The van der Waals surface area contributed by atoms with Crippen LogP contribution in [0.5, 0.6) is 0 Å². The van der Waals surface area contributed by atoms with Crippen LogP contribution in [0.3, 0.4) is 0 Å². The minimum Gasteiger partial charge on any atom is -0.381 e. The Morgan fingerprint density at radius 3 is 2.82 bits per heavy atom. The summed E-state index contributed by atoms with van der Waals surface area (Å²) in [5.41, 5.74) is 2.37. The Morgan fingerprint density at radius 1 is 1.32 bits per heavy atom. The van der Waals surface area contributed by atoms with Crippen molar-refractivity contribution in [3.8, 4) is 0 Å². The smallest absolute Gasteiger partial charge is 0.259 e. The fraction of sp³-hybridized carbons (Fsp3) is 0.450. The molecule has 0 bridgehead atoms. The molecule has 1 atom stereocenters. The first-order valence-corrected chi connectivity index (χ1v) is 9.50. The molecule has 0 aliphatic carbocycles. The molecule has 2 heterocycles. The van der Waals surface area contributed by atoms with E-state index in [1.807, 2.05) is 18.5 Å². The minimum atomic E-state index is -0.419. The van der Waals surface area contributed by atoms with E-state index in [0.29, 0.717) is 36.4 Å². The fourth-order valence-corrected chi connectivity index (χ4v) is 3.40. The zero-order chi connectivity index (χ0) is 20.3. The van der Waals surface area contributed by atoms with Gasteiger partial charge >= 0.3 is 0 Å². The van der Waals surface area contributed by atoms with Crippen molar-refractivity contribution in [1.29, 1.82) is 0 Å². The minimum absolute atomic E-state index is 0.0617. The number of aryl methyl sites for hydroxylation is 1. The van der Waals surface area contributed by atoms with Crippen molar-refractivity contribution in [1.82, 2.24) is 15.1 Å². The van der Waals surface area contributed by atoms with Gasteiger partial charge in [-0.25, -0.2) is 4.39 Å². The molecule has 2 amide bonds. The second-order valence-electron chi connectivity index (χ2n) is 7.47. The number of fused-ring (bicyclic) bond motifs is 1. The Bertz CT molecular complexity index is 877. The molecule has 0 unspecified atom stereocenters. The Kier molecular flexibility index (Phi) is 5.96. The van der Waals surface area contributed by atoms with Crippen LogP contribution in [0.2, 0.25) is 0 Å². The average molecular weight is 387 g/mol. The maximum atomic E-state index is 13.7. The summed E-state index contributed by atoms with van der Waals surface area (Å²) < 4.78 is 15.6. The van der Waals surface area contributed by atoms with E-state index in [9.17, 15) is 14.0 Å². The van der Waals surface area contributed by atoms with Crippen LogP contribution in [-0.4, -0.2) is 34.2 Å². The number of nitrogens with one attached hydrogen (secondary N) is 3. The summed E-state index contributed by atoms with van der Waals surface area (Å²) in [4.78, 5) is 24.1. The van der Waals surface area contributed by atoms with Gasteiger partial charge in [-0.3, -0.25) is 14.3 Å². The Labute approximate surface area is 163 Å². The van der Waals surface area contributed by atoms with Crippen molar-refractivity contribution in [3.05, 3.63) is 41.5 Å². The molecular weight excluding hydrogens is 361 g/mol. The van der Waals surface area contributed by atoms with Gasteiger partial charge in [0.15, 0.2) is 0 Å². The van der Waals surface area contributed by atoms with E-state index in [2.05, 4.69) is 21.0 Å². The highest BCUT2D eigenvalue weighted by Crippen LogP contribution is 2.27. The molecule has 1 aliphatic heterocycles. The number of amides is 2. The van der Waals surface area contributed by atoms with Crippen LogP contribution in [0.1, 0.15) is 43.2 Å². The van der Waals surface area contributed by atoms with Crippen LogP contribution in [0.25, 0.3) is 0 Å². The van der Waals surface area contributed by atoms with Gasteiger partial charge in [0.2, 0.25) is 5.91 Å². The van der Waals surface area contributed by atoms with Crippen LogP contribution in [0.4, 0.5) is 15.8 Å². The standard InChI is InChI=1S/C20H26FN5O2/c1-12(2)24-17-5-4-15(21)9-18(17)25-20(28)16-11-23-26-7-6-14(8-19(16)26)10-22-13(3)27/h4-5,9,11-12,14,24H,6-8,10H2,1-3H3,(H,22,27)(H,25,28)/t14-/m0/s1. The van der Waals surface area contributed by atoms with Crippen molar-refractivity contribution in [2.45, 2.75) is 46.2 Å². The molecule has 0 saturated heterocycles. The van der Waals surface area contributed by atoms with E-state index in [0.717, 1.165) is 12.1 Å². The second kappa shape index (κ2) is 8.41. The normalized spacial score (nSPS) is 15.8. The molecular formula is C20H26FN5O2. The van der Waals surface area contributed by atoms with Gasteiger partial charge in [-0.1, -0.05) is 0 Å². The monoisotopic (exact) mass is 387 g/mol. The third kappa shape index (κ3) is 4.68. The molecule has 7 nitrogen and oxygen atoms in total. The maximum absolute atomic E-state index is 13.7. The summed E-state index contributed by atoms with van der Waals surface area (Å²) in [7, 11) is 0. The molecule has 8 heteroatoms. The van der Waals surface area contributed by atoms with Crippen LogP contribution < -0.4 is 16.0 Å². The molecule has 2 aromatic rings. The van der Waals surface area contributed by atoms with Gasteiger partial charge in [0, 0.05) is 26.1 Å². The molecule has 0 radical (unpaired) electrons. The number of carbonyl (C=O) groups is 2. The molecule has 1 aromatic heterocycles. The summed E-state index contributed by atoms with van der Waals surface area (Å²) in [5, 5.41) is 13.2. The molecule has 150 valence electrons. The van der Waals surface area contributed by atoms with E-state index < -0.39 is 5.82 Å². The Morgan fingerprint density at radius 2 is 2.11 bits per heavy atom. The summed E-state index contributed by atoms with van der Waals surface area (Å²) in [6.07, 6.45) is 3.10. The van der Waals surface area contributed by atoms with Gasteiger partial charge in [0.1, 0.15) is 5.82 Å². The summed E-state index contributed by atoms with van der Waals surface area (Å²) >= 11 is 0. The van der Waals surface area contributed by atoms with E-state index in [1.165, 1.54) is 19.1 Å². The fourth-order valence-electron chi connectivity index (χ4n) is 3.40. The van der Waals surface area contributed by atoms with Crippen molar-refractivity contribution in [2.75, 3.05) is 17.2 Å². The summed E-state index contributed by atoms with van der Waals surface area (Å²) in [5.74, 6) is -0.545. The lowest BCUT2D eigenvalue weighted by atomic mass is 9.94. The van der Waals surface area contributed by atoms with Crippen LogP contribution >= 0.6 is 0 Å². The summed E-state index contributed by atoms with van der Waals surface area (Å²) in [6, 6.07) is 4.41. The van der Waals surface area contributed by atoms with Crippen molar-refractivity contribution in [2.24, 2.45) is 5.92 Å². The van der Waals surface area contributed by atoms with Crippen molar-refractivity contribution < 1.29 is 14.0 Å². The Hall–Kier alpha value is -2.90. The number of rotatable bonds is 6. The SMILES string of the molecule is CC(=O)NC[C@H]1CCn2ncc(C(=O)Nc3cc(F)ccc3NC(C)C)c2C1. The lowest BCUT2D eigenvalue weighted by molar-refractivity contribution is -0.119. The molecule has 3 N–H and O–H groups in total. The van der Waals surface area contributed by atoms with Crippen LogP contribution in [0, 0.1) is 11.7 Å². The highest BCUT2D eigenvalue weighted by atomic mass is 19.1. The van der Waals surface area contributed by atoms with Gasteiger partial charge in [-0.15, -0.1) is 0 Å². The number of anilines is 2. The molecule has 1 aromatic carbocycles. The average Bonchev–Trinajstić information content (AvgIpc) is 3.05. The topological polar surface area (TPSA) is 88.0 Å². The largest absolute Gasteiger partial charge is 0.381 e. The quantitative estimate of drug-likeness (QED) is 0.711. The number of halogens is 1. The van der Waals surface area contributed by atoms with Crippen molar-refractivity contribution >= 4 is 23.2 Å². The number of aromatic nitrogens is 2. The number of benzene rings is 1. The number of hydrogen-bond donors (Lipinski definition) is 3. The third-order valence-electron chi connectivity index (χ3n) is 4.74. The summed E-state index contributed by atoms with van der Waals surface area (Å²) in [6.45, 7) is 6.71. The van der Waals surface area contributed by atoms with Crippen LogP contribution in [-0.2, 0) is 17.8 Å². The van der Waals surface area contributed by atoms with E-state index >= 15 is 0 Å². The Balaban J connectivity index is 1.77.